The highest BCUT2D eigenvalue weighted by atomic mass is 19.3. The Kier molecular flexibility index (Phi) is 8.30. The molecule has 4 heteroatoms. The topological polar surface area (TPSA) is 9.23 Å². The fraction of sp³-hybridized carbons (Fsp3) is 0.727. The molecule has 0 heterocycles. The summed E-state index contributed by atoms with van der Waals surface area (Å²) in [6, 6.07) is 3.11. The van der Waals surface area contributed by atoms with Crippen LogP contribution < -0.4 is 4.74 Å². The molecular weight excluding hydrogens is 337 g/mol. The van der Waals surface area contributed by atoms with Crippen LogP contribution in [0.25, 0.3) is 0 Å². The predicted octanol–water partition coefficient (Wildman–Crippen LogP) is 7.34. The lowest BCUT2D eigenvalue weighted by Crippen LogP contribution is -2.21. The average Bonchev–Trinajstić information content (AvgIpc) is 2.63. The number of hydrogen-bond donors (Lipinski definition) is 0. The number of aryl methyl sites for hydroxylation is 1. The molecule has 0 unspecified atom stereocenters. The zero-order valence-electron chi connectivity index (χ0n) is 16.4. The van der Waals surface area contributed by atoms with E-state index in [4.69, 9.17) is 4.74 Å². The van der Waals surface area contributed by atoms with E-state index >= 15 is 0 Å². The molecule has 0 N–H and O–H groups in total. The van der Waals surface area contributed by atoms with Crippen LogP contribution in [0.4, 0.5) is 13.2 Å². The van der Waals surface area contributed by atoms with Crippen molar-refractivity contribution in [3.05, 3.63) is 29.1 Å². The molecule has 0 saturated heterocycles. The number of ether oxygens (including phenoxy) is 1. The Balaban J connectivity index is 1.97. The molecule has 26 heavy (non-hydrogen) atoms. The van der Waals surface area contributed by atoms with Crippen molar-refractivity contribution in [2.45, 2.75) is 78.6 Å². The fourth-order valence-electron chi connectivity index (χ4n) is 4.60. The number of rotatable bonds is 9. The van der Waals surface area contributed by atoms with E-state index in [1.807, 2.05) is 0 Å². The van der Waals surface area contributed by atoms with Gasteiger partial charge in [-0.15, -0.1) is 0 Å². The van der Waals surface area contributed by atoms with Gasteiger partial charge in [0, 0.05) is 0 Å². The molecule has 1 aromatic carbocycles. The molecule has 1 aliphatic carbocycles. The maximum Gasteiger partial charge on any atom is 0.267 e. The number of benzene rings is 1. The highest BCUT2D eigenvalue weighted by Gasteiger charge is 2.27. The molecule has 0 bridgehead atoms. The van der Waals surface area contributed by atoms with Gasteiger partial charge in [-0.3, -0.25) is 0 Å². The summed E-state index contributed by atoms with van der Waals surface area (Å²) in [5.74, 6) is 1.25. The minimum absolute atomic E-state index is 0.0720. The number of halogens is 3. The van der Waals surface area contributed by atoms with Crippen molar-refractivity contribution in [3.63, 3.8) is 0 Å². The standard InChI is InChI=1S/C22H33F3O/c1-4-16(5-2)17-10-7-15(8-11-17)9-12-18-13-14-19(26-6-3)21(23)20(18)22(24)25/h13-17,22H,4-12H2,1-3H3. The third kappa shape index (κ3) is 5.17. The molecular formula is C22H33F3O. The number of hydrogen-bond acceptors (Lipinski definition) is 1. The van der Waals surface area contributed by atoms with Crippen molar-refractivity contribution in [2.24, 2.45) is 17.8 Å². The zero-order chi connectivity index (χ0) is 19.1. The van der Waals surface area contributed by atoms with Crippen LogP contribution in [0.2, 0.25) is 0 Å². The average molecular weight is 370 g/mol. The summed E-state index contributed by atoms with van der Waals surface area (Å²) in [6.45, 7) is 6.52. The monoisotopic (exact) mass is 370 g/mol. The van der Waals surface area contributed by atoms with Gasteiger partial charge in [0.2, 0.25) is 0 Å². The van der Waals surface area contributed by atoms with Gasteiger partial charge < -0.3 is 4.74 Å². The van der Waals surface area contributed by atoms with E-state index in [9.17, 15) is 13.2 Å². The normalized spacial score (nSPS) is 20.8. The van der Waals surface area contributed by atoms with Crippen LogP contribution in [0.1, 0.15) is 83.3 Å². The van der Waals surface area contributed by atoms with Crippen molar-refractivity contribution in [1.29, 1.82) is 0 Å². The van der Waals surface area contributed by atoms with Gasteiger partial charge in [0.25, 0.3) is 6.43 Å². The van der Waals surface area contributed by atoms with Crippen LogP contribution >= 0.6 is 0 Å². The Bertz CT molecular complexity index is 547. The molecule has 1 aliphatic rings. The van der Waals surface area contributed by atoms with E-state index < -0.39 is 17.8 Å². The molecule has 1 nitrogen and oxygen atoms in total. The van der Waals surface area contributed by atoms with Gasteiger partial charge in [-0.2, -0.15) is 0 Å². The molecule has 1 aromatic rings. The summed E-state index contributed by atoms with van der Waals surface area (Å²) in [6.07, 6.45) is 5.90. The minimum atomic E-state index is -2.81. The first-order valence-corrected chi connectivity index (χ1v) is 10.2. The predicted molar refractivity (Wildman–Crippen MR) is 100 cm³/mol. The first-order valence-electron chi connectivity index (χ1n) is 10.2. The summed E-state index contributed by atoms with van der Waals surface area (Å²) in [7, 11) is 0. The quantitative estimate of drug-likeness (QED) is 0.442. The maximum atomic E-state index is 14.3. The van der Waals surface area contributed by atoms with Crippen molar-refractivity contribution >= 4 is 0 Å². The SMILES string of the molecule is CCOc1ccc(CCC2CCC(C(CC)CC)CC2)c(C(F)F)c1F. The summed E-state index contributed by atoms with van der Waals surface area (Å²) in [5.41, 5.74) is -0.0373. The second-order valence-electron chi connectivity index (χ2n) is 7.58. The first-order chi connectivity index (χ1) is 12.5. The van der Waals surface area contributed by atoms with Gasteiger partial charge in [0.05, 0.1) is 12.2 Å². The Hall–Kier alpha value is -1.19. The summed E-state index contributed by atoms with van der Waals surface area (Å²) in [5, 5.41) is 0. The van der Waals surface area contributed by atoms with Crippen molar-refractivity contribution in [2.75, 3.05) is 6.61 Å². The second kappa shape index (κ2) is 10.2. The molecule has 0 spiro atoms. The highest BCUT2D eigenvalue weighted by Crippen LogP contribution is 2.39. The lowest BCUT2D eigenvalue weighted by Gasteiger charge is -2.33. The van der Waals surface area contributed by atoms with Crippen LogP contribution in [-0.4, -0.2) is 6.61 Å². The van der Waals surface area contributed by atoms with Crippen LogP contribution in [-0.2, 0) is 6.42 Å². The van der Waals surface area contributed by atoms with Gasteiger partial charge in [-0.05, 0) is 62.0 Å². The van der Waals surface area contributed by atoms with E-state index in [-0.39, 0.29) is 12.4 Å². The van der Waals surface area contributed by atoms with E-state index in [0.29, 0.717) is 17.9 Å². The van der Waals surface area contributed by atoms with Gasteiger partial charge in [0.15, 0.2) is 11.6 Å². The van der Waals surface area contributed by atoms with Crippen LogP contribution in [0.5, 0.6) is 5.75 Å². The third-order valence-electron chi connectivity index (χ3n) is 6.18. The van der Waals surface area contributed by atoms with E-state index in [1.165, 1.54) is 44.6 Å². The smallest absolute Gasteiger partial charge is 0.267 e. The molecule has 1 fully saturated rings. The number of alkyl halides is 2. The molecule has 1 saturated carbocycles. The zero-order valence-corrected chi connectivity index (χ0v) is 16.4. The van der Waals surface area contributed by atoms with Gasteiger partial charge in [-0.1, -0.05) is 45.6 Å². The minimum Gasteiger partial charge on any atom is -0.491 e. The Morgan fingerprint density at radius 2 is 1.69 bits per heavy atom. The van der Waals surface area contributed by atoms with Gasteiger partial charge in [0.1, 0.15) is 0 Å². The van der Waals surface area contributed by atoms with Crippen molar-refractivity contribution in [3.8, 4) is 5.75 Å². The second-order valence-corrected chi connectivity index (χ2v) is 7.58. The van der Waals surface area contributed by atoms with Gasteiger partial charge >= 0.3 is 0 Å². The Morgan fingerprint density at radius 3 is 2.23 bits per heavy atom. The van der Waals surface area contributed by atoms with E-state index in [1.54, 1.807) is 13.0 Å². The summed E-state index contributed by atoms with van der Waals surface area (Å²) >= 11 is 0. The summed E-state index contributed by atoms with van der Waals surface area (Å²) < 4.78 is 46.3. The summed E-state index contributed by atoms with van der Waals surface area (Å²) in [4.78, 5) is 0. The van der Waals surface area contributed by atoms with Gasteiger partial charge in [-0.25, -0.2) is 13.2 Å². The van der Waals surface area contributed by atoms with Crippen LogP contribution in [0.3, 0.4) is 0 Å². The van der Waals surface area contributed by atoms with E-state index in [2.05, 4.69) is 13.8 Å². The lowest BCUT2D eigenvalue weighted by molar-refractivity contribution is 0.143. The first kappa shape index (κ1) is 21.1. The van der Waals surface area contributed by atoms with E-state index in [0.717, 1.165) is 18.3 Å². The van der Waals surface area contributed by atoms with Crippen molar-refractivity contribution < 1.29 is 17.9 Å². The molecule has 0 radical (unpaired) electrons. The maximum absolute atomic E-state index is 14.3. The largest absolute Gasteiger partial charge is 0.491 e. The van der Waals surface area contributed by atoms with Crippen LogP contribution in [0, 0.1) is 23.6 Å². The molecule has 0 aromatic heterocycles. The Morgan fingerprint density at radius 1 is 1.04 bits per heavy atom. The Labute approximate surface area is 156 Å². The third-order valence-corrected chi connectivity index (χ3v) is 6.18. The highest BCUT2D eigenvalue weighted by molar-refractivity contribution is 5.38. The van der Waals surface area contributed by atoms with Crippen LogP contribution in [0.15, 0.2) is 12.1 Å². The van der Waals surface area contributed by atoms with Crippen molar-refractivity contribution in [1.82, 2.24) is 0 Å². The lowest BCUT2D eigenvalue weighted by atomic mass is 9.73. The molecule has 2 rings (SSSR count). The molecule has 0 amide bonds. The molecule has 0 aliphatic heterocycles. The molecule has 0 atom stereocenters. The molecule has 148 valence electrons. The fourth-order valence-corrected chi connectivity index (χ4v) is 4.60.